The molecule has 0 radical (unpaired) electrons. The van der Waals surface area contributed by atoms with Gasteiger partial charge in [-0.05, 0) is 36.2 Å². The molecule has 0 aliphatic carbocycles. The smallest absolute Gasteiger partial charge is 0.257 e. The molecule has 3 rings (SSSR count). The molecule has 1 aliphatic rings. The van der Waals surface area contributed by atoms with E-state index in [-0.39, 0.29) is 16.8 Å². The van der Waals surface area contributed by atoms with Crippen LogP contribution in [0.1, 0.15) is 30.6 Å². The van der Waals surface area contributed by atoms with Gasteiger partial charge in [0.25, 0.3) is 5.91 Å². The van der Waals surface area contributed by atoms with Gasteiger partial charge in [-0.2, -0.15) is 0 Å². The zero-order valence-electron chi connectivity index (χ0n) is 16.9. The largest absolute Gasteiger partial charge is 0.367 e. The van der Waals surface area contributed by atoms with Crippen molar-refractivity contribution in [3.8, 4) is 0 Å². The number of carbonyl (C=O) groups excluding carboxylic acids is 2. The van der Waals surface area contributed by atoms with Crippen molar-refractivity contribution in [1.82, 2.24) is 4.90 Å². The highest BCUT2D eigenvalue weighted by atomic mass is 35.5. The molecule has 1 heterocycles. The van der Waals surface area contributed by atoms with Crippen molar-refractivity contribution in [2.24, 2.45) is 5.92 Å². The Morgan fingerprint density at radius 1 is 1.00 bits per heavy atom. The summed E-state index contributed by atoms with van der Waals surface area (Å²) >= 11 is 18.6. The Morgan fingerprint density at radius 2 is 1.70 bits per heavy atom. The molecule has 0 saturated carbocycles. The second kappa shape index (κ2) is 9.90. The van der Waals surface area contributed by atoms with Crippen LogP contribution in [0, 0.1) is 5.92 Å². The summed E-state index contributed by atoms with van der Waals surface area (Å²) in [7, 11) is 0. The molecule has 1 N–H and O–H groups in total. The summed E-state index contributed by atoms with van der Waals surface area (Å²) in [5.41, 5.74) is 1.74. The molecule has 8 heteroatoms. The molecule has 160 valence electrons. The van der Waals surface area contributed by atoms with E-state index in [2.05, 4.69) is 24.1 Å². The number of nitrogens with one attached hydrogen (secondary N) is 1. The maximum Gasteiger partial charge on any atom is 0.257 e. The van der Waals surface area contributed by atoms with E-state index < -0.39 is 0 Å². The van der Waals surface area contributed by atoms with E-state index in [1.165, 1.54) is 0 Å². The fourth-order valence-corrected chi connectivity index (χ4v) is 4.08. The first kappa shape index (κ1) is 22.7. The number of amides is 2. The van der Waals surface area contributed by atoms with Crippen LogP contribution in [0.4, 0.5) is 11.4 Å². The minimum absolute atomic E-state index is 0.202. The molecule has 0 aromatic heterocycles. The maximum absolute atomic E-state index is 12.5. The summed E-state index contributed by atoms with van der Waals surface area (Å²) in [5, 5.41) is 3.87. The van der Waals surface area contributed by atoms with Gasteiger partial charge in [-0.25, -0.2) is 0 Å². The normalized spacial score (nSPS) is 14.2. The number of piperazine rings is 1. The lowest BCUT2D eigenvalue weighted by Crippen LogP contribution is -2.49. The van der Waals surface area contributed by atoms with E-state index in [4.69, 9.17) is 34.8 Å². The third-order valence-electron chi connectivity index (χ3n) is 4.96. The van der Waals surface area contributed by atoms with Gasteiger partial charge < -0.3 is 15.1 Å². The van der Waals surface area contributed by atoms with Crippen LogP contribution < -0.4 is 10.2 Å². The van der Waals surface area contributed by atoms with Gasteiger partial charge in [-0.3, -0.25) is 9.59 Å². The molecule has 30 heavy (non-hydrogen) atoms. The lowest BCUT2D eigenvalue weighted by atomic mass is 10.1. The topological polar surface area (TPSA) is 52.7 Å². The monoisotopic (exact) mass is 467 g/mol. The van der Waals surface area contributed by atoms with Crippen LogP contribution in [0.25, 0.3) is 0 Å². The van der Waals surface area contributed by atoms with Crippen LogP contribution in [0.3, 0.4) is 0 Å². The number of anilines is 2. The van der Waals surface area contributed by atoms with E-state index >= 15 is 0 Å². The summed E-state index contributed by atoms with van der Waals surface area (Å²) in [4.78, 5) is 28.8. The predicted octanol–water partition coefficient (Wildman–Crippen LogP) is 5.59. The molecule has 1 saturated heterocycles. The highest BCUT2D eigenvalue weighted by Crippen LogP contribution is 2.31. The average Bonchev–Trinajstić information content (AvgIpc) is 2.70. The Balaban J connectivity index is 1.64. The van der Waals surface area contributed by atoms with Gasteiger partial charge in [-0.1, -0.05) is 54.7 Å². The molecule has 2 aromatic rings. The highest BCUT2D eigenvalue weighted by molar-refractivity contribution is 6.44. The average molecular weight is 469 g/mol. The van der Waals surface area contributed by atoms with Crippen molar-refractivity contribution >= 4 is 58.0 Å². The Kier molecular flexibility index (Phi) is 7.50. The molecule has 2 aromatic carbocycles. The molecular weight excluding hydrogens is 445 g/mol. The number of rotatable bonds is 5. The molecule has 0 spiro atoms. The van der Waals surface area contributed by atoms with E-state index in [1.807, 2.05) is 11.0 Å². The zero-order chi connectivity index (χ0) is 21.8. The number of carbonyl (C=O) groups is 2. The number of benzene rings is 2. The Labute approximate surface area is 191 Å². The van der Waals surface area contributed by atoms with Crippen LogP contribution >= 0.6 is 34.8 Å². The SMILES string of the molecule is CC(C)CC(=O)N1CCN(c2ccc(NC(=O)c3cccc(Cl)c3Cl)cc2Cl)CC1. The first-order valence-electron chi connectivity index (χ1n) is 9.84. The Morgan fingerprint density at radius 3 is 2.33 bits per heavy atom. The van der Waals surface area contributed by atoms with Crippen molar-refractivity contribution in [3.05, 3.63) is 57.0 Å². The van der Waals surface area contributed by atoms with Gasteiger partial charge in [0.05, 0.1) is 26.3 Å². The number of nitrogens with zero attached hydrogens (tertiary/aromatic N) is 2. The molecule has 1 fully saturated rings. The summed E-state index contributed by atoms with van der Waals surface area (Å²) in [6.45, 7) is 6.88. The van der Waals surface area contributed by atoms with Crippen LogP contribution in [0.5, 0.6) is 0 Å². The van der Waals surface area contributed by atoms with Crippen molar-refractivity contribution in [1.29, 1.82) is 0 Å². The van der Waals surface area contributed by atoms with Gasteiger partial charge in [0.1, 0.15) is 0 Å². The van der Waals surface area contributed by atoms with Crippen LogP contribution in [-0.4, -0.2) is 42.9 Å². The van der Waals surface area contributed by atoms with Crippen LogP contribution in [0.15, 0.2) is 36.4 Å². The summed E-state index contributed by atoms with van der Waals surface area (Å²) in [6, 6.07) is 10.3. The molecule has 0 bridgehead atoms. The summed E-state index contributed by atoms with van der Waals surface area (Å²) in [6.07, 6.45) is 0.575. The van der Waals surface area contributed by atoms with E-state index in [1.54, 1.807) is 30.3 Å². The second-order valence-electron chi connectivity index (χ2n) is 7.69. The Hall–Kier alpha value is -1.95. The zero-order valence-corrected chi connectivity index (χ0v) is 19.2. The molecule has 1 aliphatic heterocycles. The third kappa shape index (κ3) is 5.39. The van der Waals surface area contributed by atoms with E-state index in [0.29, 0.717) is 59.8 Å². The van der Waals surface area contributed by atoms with E-state index in [9.17, 15) is 9.59 Å². The van der Waals surface area contributed by atoms with Crippen molar-refractivity contribution in [2.75, 3.05) is 36.4 Å². The van der Waals surface area contributed by atoms with E-state index in [0.717, 1.165) is 5.69 Å². The summed E-state index contributed by atoms with van der Waals surface area (Å²) in [5.74, 6) is 0.201. The number of halogens is 3. The lowest BCUT2D eigenvalue weighted by Gasteiger charge is -2.36. The first-order chi connectivity index (χ1) is 14.3. The maximum atomic E-state index is 12.5. The third-order valence-corrected chi connectivity index (χ3v) is 6.08. The van der Waals surface area contributed by atoms with Crippen LogP contribution in [-0.2, 0) is 4.79 Å². The van der Waals surface area contributed by atoms with Gasteiger partial charge in [-0.15, -0.1) is 0 Å². The molecule has 0 atom stereocenters. The quantitative estimate of drug-likeness (QED) is 0.622. The molecule has 0 unspecified atom stereocenters. The predicted molar refractivity (Wildman–Crippen MR) is 124 cm³/mol. The fraction of sp³-hybridized carbons (Fsp3) is 0.364. The molecular formula is C22H24Cl3N3O2. The summed E-state index contributed by atoms with van der Waals surface area (Å²) < 4.78 is 0. The minimum atomic E-state index is -0.358. The molecule has 2 amide bonds. The van der Waals surface area contributed by atoms with Gasteiger partial charge in [0.15, 0.2) is 0 Å². The van der Waals surface area contributed by atoms with Crippen molar-refractivity contribution in [3.63, 3.8) is 0 Å². The standard InChI is InChI=1S/C22H24Cl3N3O2/c1-14(2)12-20(29)28-10-8-27(9-11-28)19-7-6-15(13-18(19)24)26-22(30)16-4-3-5-17(23)21(16)25/h3-7,13-14H,8-12H2,1-2H3,(H,26,30). The van der Waals surface area contributed by atoms with Crippen LogP contribution in [0.2, 0.25) is 15.1 Å². The number of hydrogen-bond donors (Lipinski definition) is 1. The highest BCUT2D eigenvalue weighted by Gasteiger charge is 2.23. The molecule has 5 nitrogen and oxygen atoms in total. The van der Waals surface area contributed by atoms with Crippen molar-refractivity contribution in [2.45, 2.75) is 20.3 Å². The number of hydrogen-bond acceptors (Lipinski definition) is 3. The van der Waals surface area contributed by atoms with Gasteiger partial charge >= 0.3 is 0 Å². The second-order valence-corrected chi connectivity index (χ2v) is 8.88. The Bertz CT molecular complexity index is 941. The first-order valence-corrected chi connectivity index (χ1v) is 11.0. The van der Waals surface area contributed by atoms with Gasteiger partial charge in [0.2, 0.25) is 5.91 Å². The minimum Gasteiger partial charge on any atom is -0.367 e. The van der Waals surface area contributed by atoms with Gasteiger partial charge in [0, 0.05) is 38.3 Å². The van der Waals surface area contributed by atoms with Crippen molar-refractivity contribution < 1.29 is 9.59 Å². The lowest BCUT2D eigenvalue weighted by molar-refractivity contribution is -0.132. The fourth-order valence-electron chi connectivity index (χ4n) is 3.39.